The van der Waals surface area contributed by atoms with Gasteiger partial charge in [0.25, 0.3) is 0 Å². The third kappa shape index (κ3) is 5.06. The molecular weight excluding hydrogens is 444 g/mol. The van der Waals surface area contributed by atoms with Crippen LogP contribution in [0.25, 0.3) is 26.9 Å². The molecular formula is C27H27ClN6. The highest BCUT2D eigenvalue weighted by molar-refractivity contribution is 6.30. The van der Waals surface area contributed by atoms with Crippen molar-refractivity contribution in [2.45, 2.75) is 19.3 Å². The SMILES string of the molecule is [C-]#[N+]c1ccc2[nH]cc(CCCCN3CCN(c4ncc(-c5ccc(Cl)cc5)cn4)CC3)c2c1. The molecule has 2 aromatic carbocycles. The third-order valence-electron chi connectivity index (χ3n) is 6.52. The number of halogens is 1. The first kappa shape index (κ1) is 22.4. The molecule has 1 saturated heterocycles. The van der Waals surface area contributed by atoms with E-state index in [0.29, 0.717) is 5.69 Å². The van der Waals surface area contributed by atoms with E-state index in [1.807, 2.05) is 54.9 Å². The van der Waals surface area contributed by atoms with E-state index >= 15 is 0 Å². The summed E-state index contributed by atoms with van der Waals surface area (Å²) < 4.78 is 0. The maximum absolute atomic E-state index is 7.24. The number of piperazine rings is 1. The van der Waals surface area contributed by atoms with Gasteiger partial charge >= 0.3 is 0 Å². The first-order chi connectivity index (χ1) is 16.7. The summed E-state index contributed by atoms with van der Waals surface area (Å²) in [6.07, 6.45) is 9.23. The molecule has 0 amide bonds. The summed E-state index contributed by atoms with van der Waals surface area (Å²) in [5.74, 6) is 0.801. The maximum Gasteiger partial charge on any atom is 0.225 e. The van der Waals surface area contributed by atoms with Crippen molar-refractivity contribution in [2.24, 2.45) is 0 Å². The lowest BCUT2D eigenvalue weighted by atomic mass is 10.1. The number of aromatic nitrogens is 3. The normalized spacial score (nSPS) is 14.4. The Bertz CT molecular complexity index is 1280. The van der Waals surface area contributed by atoms with Gasteiger partial charge < -0.3 is 9.88 Å². The van der Waals surface area contributed by atoms with Gasteiger partial charge in [-0.2, -0.15) is 0 Å². The van der Waals surface area contributed by atoms with Crippen LogP contribution in [0.4, 0.5) is 11.6 Å². The Morgan fingerprint density at radius 2 is 1.71 bits per heavy atom. The van der Waals surface area contributed by atoms with Crippen LogP contribution < -0.4 is 4.90 Å². The molecule has 0 aliphatic carbocycles. The van der Waals surface area contributed by atoms with Gasteiger partial charge in [0.15, 0.2) is 5.69 Å². The average Bonchev–Trinajstić information content (AvgIpc) is 3.29. The molecule has 7 heteroatoms. The van der Waals surface area contributed by atoms with E-state index in [9.17, 15) is 0 Å². The second kappa shape index (κ2) is 10.3. The number of hydrogen-bond donors (Lipinski definition) is 1. The predicted molar refractivity (Wildman–Crippen MR) is 139 cm³/mol. The van der Waals surface area contributed by atoms with Crippen molar-refractivity contribution in [3.8, 4) is 11.1 Å². The summed E-state index contributed by atoms with van der Waals surface area (Å²) in [5, 5.41) is 1.91. The standard InChI is InChI=1S/C27H27ClN6/c1-29-24-9-10-26-25(16-24)21(17-30-26)4-2-3-11-33-12-14-34(15-13-33)27-31-18-22(19-32-27)20-5-7-23(28)8-6-20/h5-10,16-19,30H,2-4,11-15H2. The number of nitrogens with one attached hydrogen (secondary N) is 1. The highest BCUT2D eigenvalue weighted by atomic mass is 35.5. The van der Waals surface area contributed by atoms with Crippen LogP contribution in [0.15, 0.2) is 61.1 Å². The molecule has 1 aliphatic heterocycles. The molecule has 1 N–H and O–H groups in total. The van der Waals surface area contributed by atoms with E-state index in [1.165, 1.54) is 17.4 Å². The number of anilines is 1. The molecule has 0 saturated carbocycles. The van der Waals surface area contributed by atoms with Gasteiger partial charge in [-0.1, -0.05) is 29.8 Å². The Morgan fingerprint density at radius 1 is 0.941 bits per heavy atom. The molecule has 0 unspecified atom stereocenters. The van der Waals surface area contributed by atoms with Gasteiger partial charge in [-0.25, -0.2) is 14.8 Å². The molecule has 1 fully saturated rings. The second-order valence-corrected chi connectivity index (χ2v) is 9.16. The zero-order valence-corrected chi connectivity index (χ0v) is 19.8. The molecule has 6 nitrogen and oxygen atoms in total. The fourth-order valence-electron chi connectivity index (χ4n) is 4.54. The number of nitrogens with zero attached hydrogens (tertiary/aromatic N) is 5. The minimum absolute atomic E-state index is 0.704. The second-order valence-electron chi connectivity index (χ2n) is 8.72. The number of unbranched alkanes of at least 4 members (excludes halogenated alkanes) is 1. The van der Waals surface area contributed by atoms with Crippen molar-refractivity contribution >= 4 is 34.1 Å². The van der Waals surface area contributed by atoms with Gasteiger partial charge in [-0.3, -0.25) is 4.90 Å². The summed E-state index contributed by atoms with van der Waals surface area (Å²) in [7, 11) is 0. The first-order valence-corrected chi connectivity index (χ1v) is 12.1. The van der Waals surface area contributed by atoms with E-state index in [2.05, 4.69) is 35.8 Å². The lowest BCUT2D eigenvalue weighted by molar-refractivity contribution is 0.252. The van der Waals surface area contributed by atoms with Gasteiger partial charge in [0.2, 0.25) is 5.95 Å². The molecule has 0 bridgehead atoms. The Labute approximate surface area is 205 Å². The quantitative estimate of drug-likeness (QED) is 0.267. The zero-order valence-electron chi connectivity index (χ0n) is 19.0. The lowest BCUT2D eigenvalue weighted by Gasteiger charge is -2.34. The number of benzene rings is 2. The number of H-pyrrole nitrogens is 1. The molecule has 0 spiro atoms. The van der Waals surface area contributed by atoms with E-state index in [4.69, 9.17) is 18.2 Å². The summed E-state index contributed by atoms with van der Waals surface area (Å²) in [6, 6.07) is 13.6. The molecule has 1 aliphatic rings. The van der Waals surface area contributed by atoms with Crippen LogP contribution >= 0.6 is 11.6 Å². The number of aromatic amines is 1. The third-order valence-corrected chi connectivity index (χ3v) is 6.77. The average molecular weight is 471 g/mol. The van der Waals surface area contributed by atoms with Gasteiger partial charge in [0, 0.05) is 60.9 Å². The minimum atomic E-state index is 0.704. The van der Waals surface area contributed by atoms with Crippen LogP contribution in [0.5, 0.6) is 0 Å². The first-order valence-electron chi connectivity index (χ1n) is 11.7. The van der Waals surface area contributed by atoms with E-state index in [0.717, 1.165) is 73.2 Å². The molecule has 4 aromatic rings. The Hall–Kier alpha value is -3.40. The van der Waals surface area contributed by atoms with Crippen molar-refractivity contribution in [1.82, 2.24) is 19.9 Å². The van der Waals surface area contributed by atoms with Crippen molar-refractivity contribution < 1.29 is 0 Å². The van der Waals surface area contributed by atoms with Crippen molar-refractivity contribution in [3.63, 3.8) is 0 Å². The van der Waals surface area contributed by atoms with Crippen LogP contribution in [0, 0.1) is 6.57 Å². The molecule has 2 aromatic heterocycles. The van der Waals surface area contributed by atoms with Gasteiger partial charge in [0.05, 0.1) is 6.57 Å². The summed E-state index contributed by atoms with van der Waals surface area (Å²) in [6.45, 7) is 12.3. The van der Waals surface area contributed by atoms with Crippen LogP contribution in [-0.2, 0) is 6.42 Å². The molecule has 0 radical (unpaired) electrons. The topological polar surface area (TPSA) is 52.4 Å². The fraction of sp³-hybridized carbons (Fsp3) is 0.296. The maximum atomic E-state index is 7.24. The minimum Gasteiger partial charge on any atom is -0.361 e. The number of aryl methyl sites for hydroxylation is 1. The highest BCUT2D eigenvalue weighted by Crippen LogP contribution is 2.25. The van der Waals surface area contributed by atoms with Crippen LogP contribution in [0.2, 0.25) is 5.02 Å². The van der Waals surface area contributed by atoms with Gasteiger partial charge in [-0.15, -0.1) is 0 Å². The zero-order chi connectivity index (χ0) is 23.3. The molecule has 172 valence electrons. The number of hydrogen-bond acceptors (Lipinski definition) is 4. The van der Waals surface area contributed by atoms with Crippen molar-refractivity contribution in [2.75, 3.05) is 37.6 Å². The van der Waals surface area contributed by atoms with E-state index in [1.54, 1.807) is 0 Å². The Morgan fingerprint density at radius 3 is 2.44 bits per heavy atom. The van der Waals surface area contributed by atoms with E-state index in [-0.39, 0.29) is 0 Å². The molecule has 34 heavy (non-hydrogen) atoms. The highest BCUT2D eigenvalue weighted by Gasteiger charge is 2.18. The molecule has 5 rings (SSSR count). The number of fused-ring (bicyclic) bond motifs is 1. The van der Waals surface area contributed by atoms with Crippen molar-refractivity contribution in [3.05, 3.63) is 83.1 Å². The fourth-order valence-corrected chi connectivity index (χ4v) is 4.67. The van der Waals surface area contributed by atoms with Crippen LogP contribution in [-0.4, -0.2) is 52.6 Å². The van der Waals surface area contributed by atoms with Gasteiger partial charge in [0.1, 0.15) is 0 Å². The Balaban J connectivity index is 1.07. The molecule has 0 atom stereocenters. The van der Waals surface area contributed by atoms with Crippen LogP contribution in [0.1, 0.15) is 18.4 Å². The smallest absolute Gasteiger partial charge is 0.225 e. The van der Waals surface area contributed by atoms with Gasteiger partial charge in [-0.05, 0) is 66.6 Å². The monoisotopic (exact) mass is 470 g/mol. The van der Waals surface area contributed by atoms with E-state index < -0.39 is 0 Å². The summed E-state index contributed by atoms with van der Waals surface area (Å²) in [4.78, 5) is 20.9. The summed E-state index contributed by atoms with van der Waals surface area (Å²) >= 11 is 5.98. The summed E-state index contributed by atoms with van der Waals surface area (Å²) in [5.41, 5.74) is 5.20. The largest absolute Gasteiger partial charge is 0.361 e. The lowest BCUT2D eigenvalue weighted by Crippen LogP contribution is -2.47. The van der Waals surface area contributed by atoms with Crippen molar-refractivity contribution in [1.29, 1.82) is 0 Å². The number of rotatable bonds is 7. The predicted octanol–water partition coefficient (Wildman–Crippen LogP) is 5.97. The Kier molecular flexibility index (Phi) is 6.75. The van der Waals surface area contributed by atoms with Crippen LogP contribution in [0.3, 0.4) is 0 Å². The molecule has 3 heterocycles.